The Kier molecular flexibility index (Phi) is 4.20. The maximum absolute atomic E-state index is 13.7. The first kappa shape index (κ1) is 14.1. The van der Waals surface area contributed by atoms with E-state index in [0.29, 0.717) is 11.7 Å². The van der Waals surface area contributed by atoms with Crippen molar-refractivity contribution in [2.75, 3.05) is 20.2 Å². The van der Waals surface area contributed by atoms with E-state index >= 15 is 0 Å². The van der Waals surface area contributed by atoms with Gasteiger partial charge in [-0.15, -0.1) is 0 Å². The lowest BCUT2D eigenvalue weighted by molar-refractivity contribution is 0.203. The van der Waals surface area contributed by atoms with Gasteiger partial charge in [-0.3, -0.25) is 10.00 Å². The van der Waals surface area contributed by atoms with E-state index in [0.717, 1.165) is 38.0 Å². The lowest BCUT2D eigenvalue weighted by atomic mass is 9.93. The molecule has 0 saturated carbocycles. The number of nitrogens with zero attached hydrogens (tertiary/aromatic N) is 2. The Balaban J connectivity index is 1.57. The zero-order valence-electron chi connectivity index (χ0n) is 12.2. The molecule has 4 nitrogen and oxygen atoms in total. The van der Waals surface area contributed by atoms with Gasteiger partial charge in [0.15, 0.2) is 11.6 Å². The maximum atomic E-state index is 13.7. The highest BCUT2D eigenvalue weighted by Gasteiger charge is 2.21. The van der Waals surface area contributed by atoms with Crippen molar-refractivity contribution in [1.29, 1.82) is 0 Å². The number of methoxy groups -OCH3 is 1. The van der Waals surface area contributed by atoms with E-state index in [4.69, 9.17) is 4.74 Å². The molecule has 0 atom stereocenters. The number of aromatic nitrogens is 2. The summed E-state index contributed by atoms with van der Waals surface area (Å²) in [5.74, 6) is 0.579. The molecule has 0 radical (unpaired) electrons. The lowest BCUT2D eigenvalue weighted by Gasteiger charge is -2.31. The third-order valence-corrected chi connectivity index (χ3v) is 4.17. The molecule has 1 aliphatic heterocycles. The Hall–Kier alpha value is -1.88. The van der Waals surface area contributed by atoms with E-state index in [1.54, 1.807) is 12.1 Å². The van der Waals surface area contributed by atoms with E-state index in [2.05, 4.69) is 21.2 Å². The monoisotopic (exact) mass is 289 g/mol. The molecule has 0 aliphatic carbocycles. The topological polar surface area (TPSA) is 41.1 Å². The van der Waals surface area contributed by atoms with Crippen LogP contribution < -0.4 is 4.74 Å². The van der Waals surface area contributed by atoms with Gasteiger partial charge in [0.2, 0.25) is 0 Å². The van der Waals surface area contributed by atoms with Gasteiger partial charge in [-0.05, 0) is 49.7 Å². The Labute approximate surface area is 123 Å². The standard InChI is InChI=1S/C16H20FN3O/c1-21-16-3-2-12(10-14(16)17)11-20-8-5-13(6-9-20)15-4-7-18-19-15/h2-4,7,10,13H,5-6,8-9,11H2,1H3,(H,18,19). The van der Waals surface area contributed by atoms with Crippen molar-refractivity contribution in [2.24, 2.45) is 0 Å². The van der Waals surface area contributed by atoms with Gasteiger partial charge in [0.25, 0.3) is 0 Å². The molecule has 2 aromatic rings. The first-order valence-corrected chi connectivity index (χ1v) is 7.30. The number of halogens is 1. The SMILES string of the molecule is COc1ccc(CN2CCC(c3ccn[nH]3)CC2)cc1F. The van der Waals surface area contributed by atoms with E-state index in [1.807, 2.05) is 12.3 Å². The molecule has 0 unspecified atom stereocenters. The van der Waals surface area contributed by atoms with Crippen LogP contribution in [0.4, 0.5) is 4.39 Å². The number of hydrogen-bond donors (Lipinski definition) is 1. The zero-order valence-corrected chi connectivity index (χ0v) is 12.2. The van der Waals surface area contributed by atoms with Gasteiger partial charge in [0.05, 0.1) is 7.11 Å². The molecule has 112 valence electrons. The minimum Gasteiger partial charge on any atom is -0.494 e. The number of nitrogens with one attached hydrogen (secondary N) is 1. The van der Waals surface area contributed by atoms with Gasteiger partial charge < -0.3 is 4.74 Å². The van der Waals surface area contributed by atoms with Crippen molar-refractivity contribution < 1.29 is 9.13 Å². The predicted octanol–water partition coefficient (Wildman–Crippen LogP) is 2.94. The fourth-order valence-corrected chi connectivity index (χ4v) is 2.96. The highest BCUT2D eigenvalue weighted by atomic mass is 19.1. The summed E-state index contributed by atoms with van der Waals surface area (Å²) in [7, 11) is 1.48. The quantitative estimate of drug-likeness (QED) is 0.941. The van der Waals surface area contributed by atoms with Crippen LogP contribution in [0.1, 0.15) is 30.0 Å². The Bertz CT molecular complexity index is 577. The Morgan fingerprint density at radius 2 is 2.14 bits per heavy atom. The van der Waals surface area contributed by atoms with Gasteiger partial charge in [-0.25, -0.2) is 4.39 Å². The van der Waals surface area contributed by atoms with Crippen molar-refractivity contribution in [3.8, 4) is 5.75 Å². The number of benzene rings is 1. The van der Waals surface area contributed by atoms with Crippen LogP contribution in [-0.2, 0) is 6.54 Å². The molecule has 1 N–H and O–H groups in total. The van der Waals surface area contributed by atoms with Crippen LogP contribution in [-0.4, -0.2) is 35.3 Å². The van der Waals surface area contributed by atoms with Crippen LogP contribution in [0.5, 0.6) is 5.75 Å². The molecule has 3 rings (SSSR count). The molecular weight excluding hydrogens is 269 g/mol. The second kappa shape index (κ2) is 6.26. The third-order valence-electron chi connectivity index (χ3n) is 4.17. The minimum absolute atomic E-state index is 0.289. The predicted molar refractivity (Wildman–Crippen MR) is 78.8 cm³/mol. The smallest absolute Gasteiger partial charge is 0.165 e. The van der Waals surface area contributed by atoms with Crippen molar-refractivity contribution in [2.45, 2.75) is 25.3 Å². The van der Waals surface area contributed by atoms with Gasteiger partial charge >= 0.3 is 0 Å². The van der Waals surface area contributed by atoms with Crippen LogP contribution in [0, 0.1) is 5.82 Å². The van der Waals surface area contributed by atoms with Crippen LogP contribution in [0.2, 0.25) is 0 Å². The van der Waals surface area contributed by atoms with Crippen LogP contribution in [0.3, 0.4) is 0 Å². The lowest BCUT2D eigenvalue weighted by Crippen LogP contribution is -2.32. The first-order valence-electron chi connectivity index (χ1n) is 7.30. The third kappa shape index (κ3) is 3.24. The molecule has 2 heterocycles. The van der Waals surface area contributed by atoms with Gasteiger partial charge in [-0.2, -0.15) is 5.10 Å². The summed E-state index contributed by atoms with van der Waals surface area (Å²) < 4.78 is 18.6. The molecule has 0 bridgehead atoms. The zero-order chi connectivity index (χ0) is 14.7. The summed E-state index contributed by atoms with van der Waals surface area (Å²) in [4.78, 5) is 2.37. The molecule has 1 saturated heterocycles. The van der Waals surface area contributed by atoms with Gasteiger partial charge in [0, 0.05) is 24.4 Å². The molecular formula is C16H20FN3O. The molecule has 0 spiro atoms. The van der Waals surface area contributed by atoms with Gasteiger partial charge in [0.1, 0.15) is 0 Å². The number of piperidine rings is 1. The second-order valence-corrected chi connectivity index (χ2v) is 5.53. The maximum Gasteiger partial charge on any atom is 0.165 e. The summed E-state index contributed by atoms with van der Waals surface area (Å²) in [6.07, 6.45) is 4.03. The van der Waals surface area contributed by atoms with Crippen molar-refractivity contribution in [3.05, 3.63) is 47.5 Å². The highest BCUT2D eigenvalue weighted by Crippen LogP contribution is 2.27. The second-order valence-electron chi connectivity index (χ2n) is 5.53. The number of H-pyrrole nitrogens is 1. The number of rotatable bonds is 4. The van der Waals surface area contributed by atoms with E-state index in [1.165, 1.54) is 12.8 Å². The summed E-state index contributed by atoms with van der Waals surface area (Å²) in [6, 6.07) is 7.25. The molecule has 1 aliphatic rings. The fourth-order valence-electron chi connectivity index (χ4n) is 2.96. The minimum atomic E-state index is -0.289. The molecule has 1 fully saturated rings. The van der Waals surface area contributed by atoms with Crippen molar-refractivity contribution in [3.63, 3.8) is 0 Å². The molecule has 21 heavy (non-hydrogen) atoms. The van der Waals surface area contributed by atoms with Crippen molar-refractivity contribution in [1.82, 2.24) is 15.1 Å². The highest BCUT2D eigenvalue weighted by molar-refractivity contribution is 5.29. The van der Waals surface area contributed by atoms with E-state index in [9.17, 15) is 4.39 Å². The molecule has 1 aromatic carbocycles. The Morgan fingerprint density at radius 1 is 1.33 bits per heavy atom. The molecule has 5 heteroatoms. The number of ether oxygens (including phenoxy) is 1. The van der Waals surface area contributed by atoms with Gasteiger partial charge in [-0.1, -0.05) is 6.07 Å². The number of hydrogen-bond acceptors (Lipinski definition) is 3. The molecule has 1 aromatic heterocycles. The Morgan fingerprint density at radius 3 is 2.76 bits per heavy atom. The van der Waals surface area contributed by atoms with Crippen molar-refractivity contribution >= 4 is 0 Å². The average molecular weight is 289 g/mol. The van der Waals surface area contributed by atoms with E-state index in [-0.39, 0.29) is 5.82 Å². The summed E-state index contributed by atoms with van der Waals surface area (Å²) >= 11 is 0. The first-order chi connectivity index (χ1) is 10.3. The van der Waals surface area contributed by atoms with Crippen LogP contribution >= 0.6 is 0 Å². The summed E-state index contributed by atoms with van der Waals surface area (Å²) in [5.41, 5.74) is 2.22. The van der Waals surface area contributed by atoms with E-state index < -0.39 is 0 Å². The van der Waals surface area contributed by atoms with Crippen LogP contribution in [0.25, 0.3) is 0 Å². The number of likely N-dealkylation sites (tertiary alicyclic amines) is 1. The summed E-state index contributed by atoms with van der Waals surface area (Å²) in [5, 5.41) is 7.08. The fraction of sp³-hybridized carbons (Fsp3) is 0.438. The number of aromatic amines is 1. The average Bonchev–Trinajstić information content (AvgIpc) is 3.02. The summed E-state index contributed by atoms with van der Waals surface area (Å²) in [6.45, 7) is 2.84. The molecule has 0 amide bonds. The van der Waals surface area contributed by atoms with Crippen LogP contribution in [0.15, 0.2) is 30.5 Å². The normalized spacial score (nSPS) is 17.0. The largest absolute Gasteiger partial charge is 0.494 e.